The smallest absolute Gasteiger partial charge is 0.257 e. The molecule has 0 radical (unpaired) electrons. The molecule has 4 heterocycles. The molecule has 2 amide bonds. The molecule has 1 saturated heterocycles. The van der Waals surface area contributed by atoms with Crippen LogP contribution in [0.4, 0.5) is 0 Å². The average molecular weight is 464 g/mol. The third-order valence-corrected chi connectivity index (χ3v) is 6.80. The molecule has 10 nitrogen and oxygen atoms in total. The second-order valence-corrected chi connectivity index (χ2v) is 9.10. The molecule has 3 aromatic rings. The molecule has 1 fully saturated rings. The zero-order valence-corrected chi connectivity index (χ0v) is 19.7. The normalized spacial score (nSPS) is 19.4. The lowest BCUT2D eigenvalue weighted by molar-refractivity contribution is -0.0828. The molecule has 1 aromatic carbocycles. The minimum absolute atomic E-state index is 0.0124. The molecule has 2 aliphatic heterocycles. The van der Waals surface area contributed by atoms with Crippen LogP contribution in [0.3, 0.4) is 0 Å². The van der Waals surface area contributed by atoms with Gasteiger partial charge in [-0.1, -0.05) is 22.9 Å². The number of aromatic nitrogens is 5. The Balaban J connectivity index is 1.23. The van der Waals surface area contributed by atoms with Crippen molar-refractivity contribution in [3.8, 4) is 0 Å². The largest absolute Gasteiger partial charge is 0.365 e. The summed E-state index contributed by atoms with van der Waals surface area (Å²) in [6, 6.07) is 7.46. The number of fused-ring (bicyclic) bond motifs is 1. The summed E-state index contributed by atoms with van der Waals surface area (Å²) in [7, 11) is 0. The molecule has 0 aliphatic carbocycles. The number of hydrogen-bond acceptors (Lipinski definition) is 6. The fraction of sp³-hybridized carbons (Fsp3) is 0.458. The minimum atomic E-state index is -0.479. The van der Waals surface area contributed by atoms with Gasteiger partial charge in [-0.05, 0) is 39.3 Å². The number of rotatable bonds is 5. The summed E-state index contributed by atoms with van der Waals surface area (Å²) in [5.41, 5.74) is 4.26. The number of carbonyl (C=O) groups is 2. The van der Waals surface area contributed by atoms with Gasteiger partial charge < -0.3 is 15.0 Å². The Morgan fingerprint density at radius 1 is 1.24 bits per heavy atom. The number of benzene rings is 1. The van der Waals surface area contributed by atoms with Gasteiger partial charge in [0.1, 0.15) is 11.3 Å². The van der Waals surface area contributed by atoms with Crippen molar-refractivity contribution < 1.29 is 14.3 Å². The van der Waals surface area contributed by atoms with Crippen LogP contribution in [0.2, 0.25) is 0 Å². The van der Waals surface area contributed by atoms with Crippen LogP contribution in [-0.2, 0) is 31.0 Å². The SMILES string of the molecule is CCn1ncc(C(=O)N2CCC3(C2)Cn2nnc(CNC(=O)c4cccc(C)c4)c2CO3)c1C. The topological polar surface area (TPSA) is 107 Å². The molecule has 10 heteroatoms. The van der Waals surface area contributed by atoms with E-state index in [2.05, 4.69) is 20.7 Å². The maximum Gasteiger partial charge on any atom is 0.257 e. The maximum absolute atomic E-state index is 13.1. The van der Waals surface area contributed by atoms with E-state index in [1.54, 1.807) is 12.3 Å². The Bertz CT molecular complexity index is 1250. The zero-order chi connectivity index (χ0) is 23.9. The molecule has 5 rings (SSSR count). The van der Waals surface area contributed by atoms with E-state index in [1.165, 1.54) is 0 Å². The first-order valence-corrected chi connectivity index (χ1v) is 11.6. The maximum atomic E-state index is 13.1. The number of nitrogens with zero attached hydrogens (tertiary/aromatic N) is 6. The van der Waals surface area contributed by atoms with Gasteiger partial charge in [-0.25, -0.2) is 4.68 Å². The predicted octanol–water partition coefficient (Wildman–Crippen LogP) is 1.86. The van der Waals surface area contributed by atoms with E-state index >= 15 is 0 Å². The molecule has 1 atom stereocenters. The Morgan fingerprint density at radius 2 is 2.09 bits per heavy atom. The van der Waals surface area contributed by atoms with Crippen molar-refractivity contribution in [1.82, 2.24) is 35.0 Å². The lowest BCUT2D eigenvalue weighted by atomic mass is 10.0. The quantitative estimate of drug-likeness (QED) is 0.619. The predicted molar refractivity (Wildman–Crippen MR) is 123 cm³/mol. The van der Waals surface area contributed by atoms with Gasteiger partial charge in [0.15, 0.2) is 0 Å². The number of nitrogens with one attached hydrogen (secondary N) is 1. The van der Waals surface area contributed by atoms with Gasteiger partial charge in [0.25, 0.3) is 11.8 Å². The molecule has 2 aromatic heterocycles. The Hall–Kier alpha value is -3.53. The number of ether oxygens (including phenoxy) is 1. The third kappa shape index (κ3) is 3.98. The van der Waals surface area contributed by atoms with Gasteiger partial charge in [-0.15, -0.1) is 5.10 Å². The third-order valence-electron chi connectivity index (χ3n) is 6.80. The zero-order valence-electron chi connectivity index (χ0n) is 19.7. The molecule has 34 heavy (non-hydrogen) atoms. The molecule has 1 spiro atoms. The van der Waals surface area contributed by atoms with Crippen molar-refractivity contribution in [3.63, 3.8) is 0 Å². The Morgan fingerprint density at radius 3 is 2.85 bits per heavy atom. The van der Waals surface area contributed by atoms with Gasteiger partial charge >= 0.3 is 0 Å². The fourth-order valence-corrected chi connectivity index (χ4v) is 4.79. The van der Waals surface area contributed by atoms with Crippen LogP contribution in [0, 0.1) is 13.8 Å². The highest BCUT2D eigenvalue weighted by Gasteiger charge is 2.45. The van der Waals surface area contributed by atoms with Gasteiger partial charge in [-0.2, -0.15) is 5.10 Å². The van der Waals surface area contributed by atoms with E-state index in [4.69, 9.17) is 4.74 Å². The van der Waals surface area contributed by atoms with Gasteiger partial charge in [-0.3, -0.25) is 14.3 Å². The lowest BCUT2D eigenvalue weighted by Crippen LogP contribution is -2.45. The van der Waals surface area contributed by atoms with E-state index in [9.17, 15) is 9.59 Å². The lowest BCUT2D eigenvalue weighted by Gasteiger charge is -2.33. The molecular weight excluding hydrogens is 434 g/mol. The van der Waals surface area contributed by atoms with Crippen molar-refractivity contribution in [3.05, 3.63) is 64.2 Å². The van der Waals surface area contributed by atoms with Crippen molar-refractivity contribution in [2.45, 2.75) is 59.0 Å². The van der Waals surface area contributed by atoms with Gasteiger partial charge in [0.05, 0.1) is 43.7 Å². The molecule has 1 unspecified atom stereocenters. The van der Waals surface area contributed by atoms with Crippen LogP contribution in [-0.4, -0.2) is 60.2 Å². The minimum Gasteiger partial charge on any atom is -0.365 e. The van der Waals surface area contributed by atoms with E-state index in [0.29, 0.717) is 43.1 Å². The van der Waals surface area contributed by atoms with E-state index in [0.717, 1.165) is 29.9 Å². The Kier molecular flexibility index (Phi) is 5.68. The van der Waals surface area contributed by atoms with E-state index < -0.39 is 5.60 Å². The first kappa shape index (κ1) is 22.3. The highest BCUT2D eigenvalue weighted by molar-refractivity contribution is 5.95. The summed E-state index contributed by atoms with van der Waals surface area (Å²) in [6.07, 6.45) is 2.39. The molecule has 2 aliphatic rings. The van der Waals surface area contributed by atoms with Crippen LogP contribution in [0.1, 0.15) is 56.7 Å². The number of aryl methyl sites for hydroxylation is 2. The second kappa shape index (κ2) is 8.68. The number of hydrogen-bond donors (Lipinski definition) is 1. The second-order valence-electron chi connectivity index (χ2n) is 9.10. The summed E-state index contributed by atoms with van der Waals surface area (Å²) in [5.74, 6) is -0.160. The van der Waals surface area contributed by atoms with Crippen molar-refractivity contribution in [1.29, 1.82) is 0 Å². The summed E-state index contributed by atoms with van der Waals surface area (Å²) >= 11 is 0. The highest BCUT2D eigenvalue weighted by Crippen LogP contribution is 2.33. The van der Waals surface area contributed by atoms with E-state index in [1.807, 2.05) is 53.2 Å². The number of likely N-dealkylation sites (tertiary alicyclic amines) is 1. The number of amides is 2. The van der Waals surface area contributed by atoms with Crippen molar-refractivity contribution >= 4 is 11.8 Å². The van der Waals surface area contributed by atoms with Crippen LogP contribution >= 0.6 is 0 Å². The molecule has 0 saturated carbocycles. The van der Waals surface area contributed by atoms with Crippen LogP contribution in [0.25, 0.3) is 0 Å². The molecular formula is C24H29N7O3. The number of carbonyl (C=O) groups excluding carboxylic acids is 2. The van der Waals surface area contributed by atoms with Crippen LogP contribution in [0.15, 0.2) is 30.5 Å². The van der Waals surface area contributed by atoms with Crippen molar-refractivity contribution in [2.24, 2.45) is 0 Å². The highest BCUT2D eigenvalue weighted by atomic mass is 16.5. The first-order valence-electron chi connectivity index (χ1n) is 11.6. The monoisotopic (exact) mass is 463 g/mol. The fourth-order valence-electron chi connectivity index (χ4n) is 4.79. The van der Waals surface area contributed by atoms with Gasteiger partial charge in [0, 0.05) is 24.3 Å². The van der Waals surface area contributed by atoms with Crippen molar-refractivity contribution in [2.75, 3.05) is 13.1 Å². The molecule has 1 N–H and O–H groups in total. The van der Waals surface area contributed by atoms with E-state index in [-0.39, 0.29) is 18.4 Å². The standard InChI is InChI=1S/C24H29N7O3/c1-4-30-17(3)19(11-26-30)23(33)29-9-8-24(14-29)15-31-21(13-34-24)20(27-28-31)12-25-22(32)18-7-5-6-16(2)10-18/h5-7,10-11H,4,8-9,12-15H2,1-3H3,(H,25,32). The Labute approximate surface area is 197 Å². The molecule has 0 bridgehead atoms. The summed E-state index contributed by atoms with van der Waals surface area (Å²) in [5, 5.41) is 15.8. The summed E-state index contributed by atoms with van der Waals surface area (Å²) < 4.78 is 9.99. The average Bonchev–Trinajstić information content (AvgIpc) is 3.54. The van der Waals surface area contributed by atoms with Crippen LogP contribution in [0.5, 0.6) is 0 Å². The summed E-state index contributed by atoms with van der Waals surface area (Å²) in [4.78, 5) is 27.4. The summed E-state index contributed by atoms with van der Waals surface area (Å²) in [6.45, 7) is 8.89. The van der Waals surface area contributed by atoms with Gasteiger partial charge in [0.2, 0.25) is 0 Å². The molecule has 178 valence electrons. The first-order chi connectivity index (χ1) is 16.4. The van der Waals surface area contributed by atoms with Crippen LogP contribution < -0.4 is 5.32 Å².